The smallest absolute Gasteiger partial charge is 0.405 e. The van der Waals surface area contributed by atoms with Crippen LogP contribution in [0.15, 0.2) is 55.0 Å². The van der Waals surface area contributed by atoms with Crippen LogP contribution in [0.5, 0.6) is 5.75 Å². The van der Waals surface area contributed by atoms with Gasteiger partial charge in [0.05, 0.1) is 10.5 Å². The van der Waals surface area contributed by atoms with Gasteiger partial charge in [0.2, 0.25) is 11.8 Å². The van der Waals surface area contributed by atoms with Gasteiger partial charge in [-0.25, -0.2) is 4.98 Å². The minimum Gasteiger partial charge on any atom is -0.405 e. The second-order valence-corrected chi connectivity index (χ2v) is 9.01. The minimum absolute atomic E-state index is 0.00401. The van der Waals surface area contributed by atoms with Gasteiger partial charge < -0.3 is 20.7 Å². The summed E-state index contributed by atoms with van der Waals surface area (Å²) in [5.41, 5.74) is 0.385. The number of nitro groups is 1. The Kier molecular flexibility index (Phi) is 8.74. The molecular formula is C25H26F3N7O4. The fraction of sp³-hybridized carbons (Fsp3) is 0.360. The lowest BCUT2D eigenvalue weighted by Gasteiger charge is -2.29. The molecule has 0 spiro atoms. The number of alkyl halides is 3. The summed E-state index contributed by atoms with van der Waals surface area (Å²) in [6.07, 6.45) is 2.42. The van der Waals surface area contributed by atoms with Crippen molar-refractivity contribution in [3.63, 3.8) is 0 Å². The molecule has 14 heteroatoms. The number of benzene rings is 1. The van der Waals surface area contributed by atoms with Gasteiger partial charge in [-0.05, 0) is 49.8 Å². The van der Waals surface area contributed by atoms with E-state index in [4.69, 9.17) is 0 Å². The Morgan fingerprint density at radius 3 is 2.54 bits per heavy atom. The van der Waals surface area contributed by atoms with E-state index in [-0.39, 0.29) is 53.2 Å². The van der Waals surface area contributed by atoms with Crippen molar-refractivity contribution >= 4 is 23.4 Å². The van der Waals surface area contributed by atoms with Crippen LogP contribution >= 0.6 is 0 Å². The molecule has 1 aliphatic rings. The monoisotopic (exact) mass is 545 g/mol. The highest BCUT2D eigenvalue weighted by atomic mass is 19.4. The van der Waals surface area contributed by atoms with Crippen LogP contribution in [0.2, 0.25) is 0 Å². The number of ether oxygens (including phenoxy) is 1. The maximum absolute atomic E-state index is 12.7. The number of amides is 1. The molecule has 2 aromatic heterocycles. The summed E-state index contributed by atoms with van der Waals surface area (Å²) in [6.45, 7) is 0.321. The fourth-order valence-corrected chi connectivity index (χ4v) is 4.29. The molecule has 0 unspecified atom stereocenters. The molecule has 3 N–H and O–H groups in total. The Morgan fingerprint density at radius 2 is 1.85 bits per heavy atom. The number of aromatic nitrogens is 3. The van der Waals surface area contributed by atoms with Gasteiger partial charge in [0.1, 0.15) is 11.9 Å². The zero-order valence-corrected chi connectivity index (χ0v) is 20.6. The van der Waals surface area contributed by atoms with Gasteiger partial charge in [-0.1, -0.05) is 18.2 Å². The van der Waals surface area contributed by atoms with Crippen molar-refractivity contribution in [2.45, 2.75) is 44.6 Å². The summed E-state index contributed by atoms with van der Waals surface area (Å²) in [6, 6.07) is 9.04. The molecule has 1 aromatic carbocycles. The molecule has 0 aliphatic heterocycles. The summed E-state index contributed by atoms with van der Waals surface area (Å²) < 4.78 is 42.1. The van der Waals surface area contributed by atoms with Gasteiger partial charge in [0.15, 0.2) is 0 Å². The lowest BCUT2D eigenvalue weighted by molar-refractivity contribution is -0.384. The number of halogens is 3. The predicted octanol–water partition coefficient (Wildman–Crippen LogP) is 4.69. The lowest BCUT2D eigenvalue weighted by Crippen LogP contribution is -2.38. The van der Waals surface area contributed by atoms with E-state index in [1.807, 2.05) is 0 Å². The molecule has 206 valence electrons. The quantitative estimate of drug-likeness (QED) is 0.244. The molecule has 0 atom stereocenters. The molecule has 4 rings (SSSR count). The Hall–Kier alpha value is -4.49. The topological polar surface area (TPSA) is 144 Å². The third kappa shape index (κ3) is 7.99. The summed E-state index contributed by atoms with van der Waals surface area (Å²) >= 11 is 0. The molecular weight excluding hydrogens is 519 g/mol. The van der Waals surface area contributed by atoms with E-state index < -0.39 is 11.3 Å². The van der Waals surface area contributed by atoms with Crippen molar-refractivity contribution in [1.82, 2.24) is 20.3 Å². The van der Waals surface area contributed by atoms with E-state index in [2.05, 4.69) is 35.6 Å². The number of hydrogen-bond acceptors (Lipinski definition) is 9. The van der Waals surface area contributed by atoms with Crippen LogP contribution in [0.4, 0.5) is 30.6 Å². The molecule has 1 aliphatic carbocycles. The van der Waals surface area contributed by atoms with Gasteiger partial charge in [0, 0.05) is 37.1 Å². The number of rotatable bonds is 10. The molecule has 0 saturated heterocycles. The SMILES string of the molecule is O=C(NC1CCC(CNc2nc(NCc3ccccc3OC(F)(F)F)ncc2[N+](=O)[O-])CC1)c1cccnc1. The summed E-state index contributed by atoms with van der Waals surface area (Å²) in [5, 5.41) is 20.3. The zero-order chi connectivity index (χ0) is 27.8. The highest BCUT2D eigenvalue weighted by Gasteiger charge is 2.32. The molecule has 0 bridgehead atoms. The van der Waals surface area contributed by atoms with Crippen LogP contribution in [0, 0.1) is 16.0 Å². The van der Waals surface area contributed by atoms with Gasteiger partial charge in [0.25, 0.3) is 5.91 Å². The molecule has 39 heavy (non-hydrogen) atoms. The number of carbonyl (C=O) groups is 1. The highest BCUT2D eigenvalue weighted by Crippen LogP contribution is 2.29. The van der Waals surface area contributed by atoms with E-state index >= 15 is 0 Å². The normalized spacial score (nSPS) is 17.2. The molecule has 1 amide bonds. The third-order valence-electron chi connectivity index (χ3n) is 6.27. The maximum atomic E-state index is 12.7. The van der Waals surface area contributed by atoms with Crippen LogP contribution in [-0.4, -0.2) is 44.7 Å². The fourth-order valence-electron chi connectivity index (χ4n) is 4.29. The molecule has 1 saturated carbocycles. The number of para-hydroxylation sites is 1. The van der Waals surface area contributed by atoms with Crippen LogP contribution in [0.25, 0.3) is 0 Å². The van der Waals surface area contributed by atoms with Crippen molar-refractivity contribution in [2.24, 2.45) is 5.92 Å². The Morgan fingerprint density at radius 1 is 1.08 bits per heavy atom. The number of anilines is 2. The van der Waals surface area contributed by atoms with Crippen molar-refractivity contribution < 1.29 is 27.6 Å². The van der Waals surface area contributed by atoms with Crippen LogP contribution in [-0.2, 0) is 6.54 Å². The van der Waals surface area contributed by atoms with Crippen molar-refractivity contribution in [2.75, 3.05) is 17.2 Å². The Labute approximate surface area is 221 Å². The van der Waals surface area contributed by atoms with Gasteiger partial charge in [-0.3, -0.25) is 19.9 Å². The lowest BCUT2D eigenvalue weighted by atomic mass is 9.86. The molecule has 11 nitrogen and oxygen atoms in total. The number of nitrogens with zero attached hydrogens (tertiary/aromatic N) is 4. The molecule has 2 heterocycles. The first-order valence-corrected chi connectivity index (χ1v) is 12.2. The number of pyridine rings is 1. The third-order valence-corrected chi connectivity index (χ3v) is 6.27. The average molecular weight is 546 g/mol. The number of hydrogen-bond donors (Lipinski definition) is 3. The standard InChI is InChI=1S/C25H26F3N7O4/c26-25(27,28)39-21-6-2-1-4-17(21)14-31-24-32-15-20(35(37)38)22(34-24)30-12-16-7-9-19(10-8-16)33-23(36)18-5-3-11-29-13-18/h1-6,11,13,15-16,19H,7-10,12,14H2,(H,33,36)(H2,30,31,32,34). The van der Waals surface area contributed by atoms with E-state index in [1.165, 1.54) is 24.4 Å². The highest BCUT2D eigenvalue weighted by molar-refractivity contribution is 5.94. The second-order valence-electron chi connectivity index (χ2n) is 9.01. The first-order chi connectivity index (χ1) is 18.7. The summed E-state index contributed by atoms with van der Waals surface area (Å²) in [7, 11) is 0. The van der Waals surface area contributed by atoms with Gasteiger partial charge >= 0.3 is 12.0 Å². The van der Waals surface area contributed by atoms with E-state index in [1.54, 1.807) is 24.4 Å². The number of nitrogens with one attached hydrogen (secondary N) is 3. The number of carbonyl (C=O) groups excluding carboxylic acids is 1. The van der Waals surface area contributed by atoms with Crippen LogP contribution in [0.1, 0.15) is 41.6 Å². The average Bonchev–Trinajstić information content (AvgIpc) is 2.91. The molecule has 0 radical (unpaired) electrons. The largest absolute Gasteiger partial charge is 0.573 e. The summed E-state index contributed by atoms with van der Waals surface area (Å²) in [4.78, 5) is 35.3. The first-order valence-electron chi connectivity index (χ1n) is 12.2. The van der Waals surface area contributed by atoms with Crippen molar-refractivity contribution in [3.8, 4) is 5.75 Å². The Balaban J connectivity index is 1.32. The van der Waals surface area contributed by atoms with Crippen molar-refractivity contribution in [1.29, 1.82) is 0 Å². The van der Waals surface area contributed by atoms with E-state index in [9.17, 15) is 28.1 Å². The first kappa shape index (κ1) is 27.5. The molecule has 1 fully saturated rings. The van der Waals surface area contributed by atoms with Crippen LogP contribution < -0.4 is 20.7 Å². The van der Waals surface area contributed by atoms with E-state index in [0.717, 1.165) is 31.9 Å². The molecule has 3 aromatic rings. The van der Waals surface area contributed by atoms with Crippen LogP contribution in [0.3, 0.4) is 0 Å². The van der Waals surface area contributed by atoms with Crippen molar-refractivity contribution in [3.05, 3.63) is 76.2 Å². The van der Waals surface area contributed by atoms with Gasteiger partial charge in [-0.2, -0.15) is 4.98 Å². The van der Waals surface area contributed by atoms with E-state index in [0.29, 0.717) is 12.1 Å². The minimum atomic E-state index is -4.85. The van der Waals surface area contributed by atoms with Gasteiger partial charge in [-0.15, -0.1) is 13.2 Å². The zero-order valence-electron chi connectivity index (χ0n) is 20.6. The predicted molar refractivity (Wildman–Crippen MR) is 135 cm³/mol. The Bertz CT molecular complexity index is 1290. The summed E-state index contributed by atoms with van der Waals surface area (Å²) in [5.74, 6) is -0.330. The maximum Gasteiger partial charge on any atom is 0.573 e. The second kappa shape index (κ2) is 12.4.